The van der Waals surface area contributed by atoms with Crippen molar-refractivity contribution in [2.24, 2.45) is 11.8 Å². The van der Waals surface area contributed by atoms with Gasteiger partial charge in [0.15, 0.2) is 0 Å². The van der Waals surface area contributed by atoms with Gasteiger partial charge in [-0.1, -0.05) is 19.1 Å². The van der Waals surface area contributed by atoms with Gasteiger partial charge < -0.3 is 19.7 Å². The van der Waals surface area contributed by atoms with Crippen molar-refractivity contribution in [1.29, 1.82) is 0 Å². The minimum atomic E-state index is -0.350. The fourth-order valence-corrected chi connectivity index (χ4v) is 2.39. The van der Waals surface area contributed by atoms with Crippen molar-refractivity contribution in [3.05, 3.63) is 29.8 Å². The van der Waals surface area contributed by atoms with Gasteiger partial charge in [0.05, 0.1) is 6.61 Å². The monoisotopic (exact) mass is 308 g/mol. The van der Waals surface area contributed by atoms with E-state index >= 15 is 0 Å². The average Bonchev–Trinajstić information content (AvgIpc) is 2.50. The fourth-order valence-electron chi connectivity index (χ4n) is 2.39. The van der Waals surface area contributed by atoms with Crippen LogP contribution in [-0.2, 0) is 20.7 Å². The van der Waals surface area contributed by atoms with E-state index in [-0.39, 0.29) is 43.2 Å². The number of rotatable bonds is 10. The highest BCUT2D eigenvalue weighted by molar-refractivity contribution is 5.70. The van der Waals surface area contributed by atoms with Crippen LogP contribution < -0.4 is 0 Å². The molecule has 1 aromatic carbocycles. The zero-order chi connectivity index (χ0) is 16.4. The van der Waals surface area contributed by atoms with Gasteiger partial charge in [0.25, 0.3) is 0 Å². The molecule has 0 heterocycles. The lowest BCUT2D eigenvalue weighted by Gasteiger charge is -2.20. The molecule has 0 bridgehead atoms. The number of hydrogen-bond acceptors (Lipinski definition) is 5. The average molecular weight is 308 g/mol. The highest BCUT2D eigenvalue weighted by Gasteiger charge is 2.22. The predicted octanol–water partition coefficient (Wildman–Crippen LogP) is 2.09. The molecule has 0 aliphatic rings. The van der Waals surface area contributed by atoms with Gasteiger partial charge in [0.2, 0.25) is 0 Å². The number of esters is 1. The Morgan fingerprint density at radius 2 is 2.00 bits per heavy atom. The Kier molecular flexibility index (Phi) is 8.22. The number of phenols is 1. The number of ether oxygens (including phenoxy) is 1. The summed E-state index contributed by atoms with van der Waals surface area (Å²) in [5, 5.41) is 18.2. The smallest absolute Gasteiger partial charge is 0.306 e. The summed E-state index contributed by atoms with van der Waals surface area (Å²) in [6, 6.07) is 6.73. The first-order chi connectivity index (χ1) is 10.6. The highest BCUT2D eigenvalue weighted by atomic mass is 16.5. The van der Waals surface area contributed by atoms with Crippen molar-refractivity contribution >= 4 is 12.3 Å². The summed E-state index contributed by atoms with van der Waals surface area (Å²) in [6.07, 6.45) is 2.64. The van der Waals surface area contributed by atoms with Crippen LogP contribution in [0.2, 0.25) is 0 Å². The molecule has 1 rings (SSSR count). The Balaban J connectivity index is 2.39. The Morgan fingerprint density at radius 1 is 1.32 bits per heavy atom. The molecule has 0 aliphatic carbocycles. The molecule has 2 atom stereocenters. The summed E-state index contributed by atoms with van der Waals surface area (Å²) in [6.45, 7) is 2.10. The molecular formula is C17H24O5. The van der Waals surface area contributed by atoms with Crippen molar-refractivity contribution in [1.82, 2.24) is 0 Å². The van der Waals surface area contributed by atoms with Crippen LogP contribution in [-0.4, -0.2) is 35.7 Å². The van der Waals surface area contributed by atoms with Crippen LogP contribution in [0.3, 0.4) is 0 Å². The number of carbonyl (C=O) groups is 2. The summed E-state index contributed by atoms with van der Waals surface area (Å²) < 4.78 is 5.19. The maximum Gasteiger partial charge on any atom is 0.306 e. The van der Waals surface area contributed by atoms with Gasteiger partial charge in [-0.25, -0.2) is 0 Å². The number of phenolic OH excluding ortho intramolecular Hbond substituents is 1. The Hall–Kier alpha value is -1.88. The van der Waals surface area contributed by atoms with Crippen LogP contribution in [0.4, 0.5) is 0 Å². The normalized spacial score (nSPS) is 13.4. The summed E-state index contributed by atoms with van der Waals surface area (Å²) in [4.78, 5) is 22.9. The van der Waals surface area contributed by atoms with Crippen LogP contribution in [0.25, 0.3) is 0 Å². The molecule has 0 amide bonds. The van der Waals surface area contributed by atoms with Crippen LogP contribution in [0, 0.1) is 11.8 Å². The van der Waals surface area contributed by atoms with Crippen LogP contribution in [0.5, 0.6) is 5.75 Å². The molecule has 1 unspecified atom stereocenters. The zero-order valence-electron chi connectivity index (χ0n) is 12.9. The van der Waals surface area contributed by atoms with Gasteiger partial charge in [0, 0.05) is 25.4 Å². The first-order valence-electron chi connectivity index (χ1n) is 7.60. The van der Waals surface area contributed by atoms with E-state index in [1.165, 1.54) is 0 Å². The number of carbonyl (C=O) groups excluding carboxylic acids is 2. The number of benzene rings is 1. The maximum absolute atomic E-state index is 11.8. The third-order valence-corrected chi connectivity index (χ3v) is 3.77. The summed E-state index contributed by atoms with van der Waals surface area (Å²) in [5.74, 6) is -0.546. The maximum atomic E-state index is 11.8. The fraction of sp³-hybridized carbons (Fsp3) is 0.529. The Morgan fingerprint density at radius 3 is 2.55 bits per heavy atom. The van der Waals surface area contributed by atoms with Gasteiger partial charge in [-0.2, -0.15) is 0 Å². The molecule has 1 aromatic rings. The minimum Gasteiger partial charge on any atom is -0.508 e. The summed E-state index contributed by atoms with van der Waals surface area (Å²) in [5.41, 5.74) is 0.969. The molecule has 0 saturated heterocycles. The molecule has 0 aromatic heterocycles. The Labute approximate surface area is 130 Å². The van der Waals surface area contributed by atoms with E-state index in [1.54, 1.807) is 24.3 Å². The van der Waals surface area contributed by atoms with Gasteiger partial charge >= 0.3 is 5.97 Å². The number of aliphatic hydroxyl groups is 1. The first-order valence-corrected chi connectivity index (χ1v) is 7.60. The van der Waals surface area contributed by atoms with Crippen molar-refractivity contribution in [3.8, 4) is 5.75 Å². The minimum absolute atomic E-state index is 0.0458. The second kappa shape index (κ2) is 9.95. The largest absolute Gasteiger partial charge is 0.508 e. The Bertz CT molecular complexity index is 455. The quantitative estimate of drug-likeness (QED) is 0.511. The number of hydrogen-bond donors (Lipinski definition) is 2. The molecule has 2 N–H and O–H groups in total. The standard InChI is InChI=1S/C17H24O5/c1-2-14(12-19)15(7-9-18)11-17(21)22-10-8-13-3-5-16(20)6-4-13/h3-6,12,14-15,18,20H,2,7-11H2,1H3/t14?,15-/m0/s1. The second-order valence-corrected chi connectivity index (χ2v) is 5.32. The molecule has 0 aliphatic heterocycles. The lowest BCUT2D eigenvalue weighted by Crippen LogP contribution is -2.22. The van der Waals surface area contributed by atoms with E-state index in [0.29, 0.717) is 19.3 Å². The summed E-state index contributed by atoms with van der Waals surface area (Å²) in [7, 11) is 0. The van der Waals surface area contributed by atoms with E-state index in [2.05, 4.69) is 0 Å². The van der Waals surface area contributed by atoms with E-state index in [4.69, 9.17) is 9.84 Å². The van der Waals surface area contributed by atoms with Gasteiger partial charge in [-0.15, -0.1) is 0 Å². The van der Waals surface area contributed by atoms with Gasteiger partial charge in [0.1, 0.15) is 12.0 Å². The molecule has 0 fully saturated rings. The van der Waals surface area contributed by atoms with Crippen LogP contribution in [0.1, 0.15) is 31.7 Å². The van der Waals surface area contributed by atoms with Crippen LogP contribution >= 0.6 is 0 Å². The molecule has 5 heteroatoms. The molecule has 0 spiro atoms. The first kappa shape index (κ1) is 18.2. The molecule has 122 valence electrons. The van der Waals surface area contributed by atoms with E-state index in [9.17, 15) is 14.7 Å². The van der Waals surface area contributed by atoms with Gasteiger partial charge in [-0.3, -0.25) is 4.79 Å². The van der Waals surface area contributed by atoms with E-state index in [1.807, 2.05) is 6.92 Å². The van der Waals surface area contributed by atoms with Crippen molar-refractivity contribution in [2.75, 3.05) is 13.2 Å². The van der Waals surface area contributed by atoms with E-state index < -0.39 is 0 Å². The number of aldehydes is 1. The lowest BCUT2D eigenvalue weighted by atomic mass is 9.86. The van der Waals surface area contributed by atoms with Crippen molar-refractivity contribution in [3.63, 3.8) is 0 Å². The molecule has 5 nitrogen and oxygen atoms in total. The number of aliphatic hydroxyl groups excluding tert-OH is 1. The zero-order valence-corrected chi connectivity index (χ0v) is 12.9. The highest BCUT2D eigenvalue weighted by Crippen LogP contribution is 2.21. The van der Waals surface area contributed by atoms with Gasteiger partial charge in [-0.05, 0) is 36.5 Å². The molecule has 22 heavy (non-hydrogen) atoms. The lowest BCUT2D eigenvalue weighted by molar-refractivity contribution is -0.145. The number of aromatic hydroxyl groups is 1. The third-order valence-electron chi connectivity index (χ3n) is 3.77. The predicted molar refractivity (Wildman–Crippen MR) is 82.4 cm³/mol. The third kappa shape index (κ3) is 6.26. The van der Waals surface area contributed by atoms with Crippen molar-refractivity contribution < 1.29 is 24.5 Å². The van der Waals surface area contributed by atoms with Crippen molar-refractivity contribution in [2.45, 2.75) is 32.6 Å². The molecule has 0 radical (unpaired) electrons. The summed E-state index contributed by atoms with van der Waals surface area (Å²) >= 11 is 0. The van der Waals surface area contributed by atoms with Crippen LogP contribution in [0.15, 0.2) is 24.3 Å². The SMILES string of the molecule is CCC(C=O)[C@@H](CCO)CC(=O)OCCc1ccc(O)cc1. The second-order valence-electron chi connectivity index (χ2n) is 5.32. The molecular weight excluding hydrogens is 284 g/mol. The molecule has 0 saturated carbocycles. The van der Waals surface area contributed by atoms with E-state index in [0.717, 1.165) is 11.8 Å². The topological polar surface area (TPSA) is 83.8 Å².